The van der Waals surface area contributed by atoms with Gasteiger partial charge in [-0.1, -0.05) is 22.9 Å². The van der Waals surface area contributed by atoms with E-state index in [1.165, 1.54) is 15.6 Å². The molecule has 0 radical (unpaired) electrons. The summed E-state index contributed by atoms with van der Waals surface area (Å²) in [7, 11) is 0. The number of halogens is 1. The quantitative estimate of drug-likeness (QED) is 0.870. The third-order valence-corrected chi connectivity index (χ3v) is 4.47. The van der Waals surface area contributed by atoms with E-state index in [1.54, 1.807) is 11.3 Å². The van der Waals surface area contributed by atoms with Crippen molar-refractivity contribution in [2.45, 2.75) is 19.9 Å². The first-order chi connectivity index (χ1) is 8.74. The molecule has 0 amide bonds. The third kappa shape index (κ3) is 3.32. The van der Waals surface area contributed by atoms with E-state index in [0.717, 1.165) is 30.5 Å². The van der Waals surface area contributed by atoms with Gasteiger partial charge >= 0.3 is 0 Å². The summed E-state index contributed by atoms with van der Waals surface area (Å²) in [6.45, 7) is 5.11. The van der Waals surface area contributed by atoms with Gasteiger partial charge in [0.05, 0.1) is 6.61 Å². The summed E-state index contributed by atoms with van der Waals surface area (Å²) < 4.78 is 2.45. The van der Waals surface area contributed by atoms with Gasteiger partial charge in [0, 0.05) is 22.3 Å². The first kappa shape index (κ1) is 14.0. The molecular weight excluding hydrogens is 310 g/mol. The lowest BCUT2D eigenvalue weighted by atomic mass is 10.1. The fourth-order valence-electron chi connectivity index (χ4n) is 2.14. The van der Waals surface area contributed by atoms with Crippen LogP contribution in [0.3, 0.4) is 0 Å². The van der Waals surface area contributed by atoms with Crippen LogP contribution in [0.2, 0.25) is 0 Å². The minimum atomic E-state index is 0.228. The smallest absolute Gasteiger partial charge is 0.0558 e. The molecule has 0 fully saturated rings. The van der Waals surface area contributed by atoms with Crippen LogP contribution in [0.5, 0.6) is 0 Å². The molecule has 1 aromatic heterocycles. The summed E-state index contributed by atoms with van der Waals surface area (Å²) in [6, 6.07) is 6.42. The molecule has 98 valence electrons. The zero-order valence-corrected chi connectivity index (χ0v) is 12.9. The Morgan fingerprint density at radius 2 is 2.17 bits per heavy atom. The van der Waals surface area contributed by atoms with Crippen LogP contribution in [0, 0.1) is 0 Å². The molecule has 4 heteroatoms. The van der Waals surface area contributed by atoms with Crippen molar-refractivity contribution in [1.29, 1.82) is 0 Å². The molecule has 1 heterocycles. The van der Waals surface area contributed by atoms with Gasteiger partial charge in [0.2, 0.25) is 0 Å². The molecule has 0 aliphatic carbocycles. The highest BCUT2D eigenvalue weighted by Crippen LogP contribution is 2.29. The highest BCUT2D eigenvalue weighted by atomic mass is 79.9. The lowest BCUT2D eigenvalue weighted by Gasteiger charge is -2.20. The van der Waals surface area contributed by atoms with Crippen LogP contribution in [0.15, 0.2) is 28.1 Å². The second-order valence-corrected chi connectivity index (χ2v) is 6.23. The van der Waals surface area contributed by atoms with Gasteiger partial charge in [-0.15, -0.1) is 11.3 Å². The summed E-state index contributed by atoms with van der Waals surface area (Å²) in [5, 5.41) is 12.7. The van der Waals surface area contributed by atoms with E-state index in [4.69, 9.17) is 5.11 Å². The van der Waals surface area contributed by atoms with Crippen molar-refractivity contribution in [3.63, 3.8) is 0 Å². The van der Waals surface area contributed by atoms with E-state index >= 15 is 0 Å². The van der Waals surface area contributed by atoms with E-state index in [-0.39, 0.29) is 6.61 Å². The van der Waals surface area contributed by atoms with Crippen LogP contribution < -0.4 is 0 Å². The molecule has 2 aromatic rings. The molecule has 0 spiro atoms. The van der Waals surface area contributed by atoms with Crippen molar-refractivity contribution in [3.05, 3.63) is 33.6 Å². The average Bonchev–Trinajstić information content (AvgIpc) is 2.73. The maximum Gasteiger partial charge on any atom is 0.0558 e. The van der Waals surface area contributed by atoms with Gasteiger partial charge in [0.1, 0.15) is 0 Å². The van der Waals surface area contributed by atoms with Gasteiger partial charge in [-0.2, -0.15) is 0 Å². The van der Waals surface area contributed by atoms with Crippen LogP contribution in [-0.4, -0.2) is 29.7 Å². The average molecular weight is 328 g/mol. The van der Waals surface area contributed by atoms with Crippen LogP contribution in [0.1, 0.15) is 18.9 Å². The first-order valence-electron chi connectivity index (χ1n) is 6.23. The fraction of sp³-hybridized carbons (Fsp3) is 0.429. The second kappa shape index (κ2) is 6.66. The summed E-state index contributed by atoms with van der Waals surface area (Å²) in [5.41, 5.74) is 1.36. The highest BCUT2D eigenvalue weighted by Gasteiger charge is 2.09. The molecule has 2 rings (SSSR count). The van der Waals surface area contributed by atoms with Crippen LogP contribution in [0.25, 0.3) is 10.1 Å². The largest absolute Gasteiger partial charge is 0.395 e. The zero-order chi connectivity index (χ0) is 13.0. The predicted octanol–water partition coefficient (Wildman–Crippen LogP) is 3.87. The molecule has 0 aliphatic rings. The molecule has 0 bridgehead atoms. The van der Waals surface area contributed by atoms with Gasteiger partial charge in [0.15, 0.2) is 0 Å². The zero-order valence-electron chi connectivity index (χ0n) is 10.5. The standard InChI is InChI=1S/C14H18BrNOS/c1-2-5-16(6-7-17)9-11-10-18-14-4-3-12(15)8-13(11)14/h3-4,8,10,17H,2,5-7,9H2,1H3. The van der Waals surface area contributed by atoms with Crippen LogP contribution in [0.4, 0.5) is 0 Å². The highest BCUT2D eigenvalue weighted by molar-refractivity contribution is 9.10. The molecule has 1 N–H and O–H groups in total. The monoisotopic (exact) mass is 327 g/mol. The Morgan fingerprint density at radius 3 is 2.89 bits per heavy atom. The number of nitrogens with zero attached hydrogens (tertiary/aromatic N) is 1. The summed E-state index contributed by atoms with van der Waals surface area (Å²) in [4.78, 5) is 2.31. The Labute approximate surface area is 120 Å². The van der Waals surface area contributed by atoms with Gasteiger partial charge < -0.3 is 5.11 Å². The SMILES string of the molecule is CCCN(CCO)Cc1csc2ccc(Br)cc12. The molecule has 0 aliphatic heterocycles. The Morgan fingerprint density at radius 1 is 1.33 bits per heavy atom. The number of hydrogen-bond donors (Lipinski definition) is 1. The van der Waals surface area contributed by atoms with Gasteiger partial charge in [-0.05, 0) is 47.5 Å². The van der Waals surface area contributed by atoms with E-state index in [9.17, 15) is 0 Å². The van der Waals surface area contributed by atoms with Gasteiger partial charge in [-0.25, -0.2) is 0 Å². The minimum Gasteiger partial charge on any atom is -0.395 e. The minimum absolute atomic E-state index is 0.228. The molecule has 18 heavy (non-hydrogen) atoms. The number of hydrogen-bond acceptors (Lipinski definition) is 3. The number of aliphatic hydroxyl groups excluding tert-OH is 1. The van der Waals surface area contributed by atoms with Crippen molar-refractivity contribution in [2.24, 2.45) is 0 Å². The Hall–Kier alpha value is -0.420. The van der Waals surface area contributed by atoms with Crippen molar-refractivity contribution in [2.75, 3.05) is 19.7 Å². The van der Waals surface area contributed by atoms with E-state index < -0.39 is 0 Å². The molecule has 0 saturated heterocycles. The third-order valence-electron chi connectivity index (χ3n) is 2.97. The Kier molecular flexibility index (Phi) is 5.18. The van der Waals surface area contributed by atoms with Gasteiger partial charge in [0.25, 0.3) is 0 Å². The molecular formula is C14H18BrNOS. The maximum atomic E-state index is 9.10. The molecule has 1 aromatic carbocycles. The first-order valence-corrected chi connectivity index (χ1v) is 7.90. The molecule has 0 unspecified atom stereocenters. The van der Waals surface area contributed by atoms with Crippen molar-refractivity contribution in [3.8, 4) is 0 Å². The predicted molar refractivity (Wildman–Crippen MR) is 82.2 cm³/mol. The second-order valence-electron chi connectivity index (χ2n) is 4.40. The van der Waals surface area contributed by atoms with Crippen LogP contribution in [-0.2, 0) is 6.54 Å². The topological polar surface area (TPSA) is 23.5 Å². The summed E-state index contributed by atoms with van der Waals surface area (Å²) >= 11 is 5.32. The molecule has 0 atom stereocenters. The van der Waals surface area contributed by atoms with E-state index in [2.05, 4.69) is 51.3 Å². The van der Waals surface area contributed by atoms with Crippen LogP contribution >= 0.6 is 27.3 Å². The Bertz CT molecular complexity index is 505. The number of aliphatic hydroxyl groups is 1. The van der Waals surface area contributed by atoms with E-state index in [0.29, 0.717) is 0 Å². The summed E-state index contributed by atoms with van der Waals surface area (Å²) in [6.07, 6.45) is 1.12. The number of thiophene rings is 1. The lowest BCUT2D eigenvalue weighted by molar-refractivity contribution is 0.191. The Balaban J connectivity index is 2.21. The summed E-state index contributed by atoms with van der Waals surface area (Å²) in [5.74, 6) is 0. The maximum absolute atomic E-state index is 9.10. The lowest BCUT2D eigenvalue weighted by Crippen LogP contribution is -2.27. The number of rotatable bonds is 6. The number of fused-ring (bicyclic) bond motifs is 1. The molecule has 2 nitrogen and oxygen atoms in total. The number of benzene rings is 1. The fourth-order valence-corrected chi connectivity index (χ4v) is 3.44. The normalized spacial score (nSPS) is 11.6. The van der Waals surface area contributed by atoms with Crippen molar-refractivity contribution < 1.29 is 5.11 Å². The van der Waals surface area contributed by atoms with Crippen molar-refractivity contribution >= 4 is 37.4 Å². The molecule has 0 saturated carbocycles. The van der Waals surface area contributed by atoms with E-state index in [1.807, 2.05) is 0 Å². The van der Waals surface area contributed by atoms with Crippen molar-refractivity contribution in [1.82, 2.24) is 4.90 Å². The van der Waals surface area contributed by atoms with Gasteiger partial charge in [-0.3, -0.25) is 4.90 Å².